The topological polar surface area (TPSA) is 95.1 Å². The van der Waals surface area contributed by atoms with Gasteiger partial charge in [-0.05, 0) is 25.7 Å². The molecule has 1 aliphatic carbocycles. The largest absolute Gasteiger partial charge is 0.477 e. The maximum atomic E-state index is 11.8. The third-order valence-corrected chi connectivity index (χ3v) is 3.42. The van der Waals surface area contributed by atoms with Crippen molar-refractivity contribution < 1.29 is 14.7 Å². The van der Waals surface area contributed by atoms with Gasteiger partial charge in [0, 0.05) is 6.42 Å². The second kappa shape index (κ2) is 5.26. The number of hydrogen-bond donors (Lipinski definition) is 3. The molecular weight excluding hydrogens is 246 g/mol. The molecule has 0 bridgehead atoms. The van der Waals surface area contributed by atoms with Gasteiger partial charge in [0.2, 0.25) is 5.91 Å². The molecule has 0 radical (unpaired) electrons. The number of nitrogens with one attached hydrogen (secondary N) is 2. The molecule has 102 valence electrons. The molecule has 1 fully saturated rings. The van der Waals surface area contributed by atoms with Crippen LogP contribution in [0.25, 0.3) is 0 Å². The lowest BCUT2D eigenvalue weighted by Gasteiger charge is -2.40. The molecule has 0 unspecified atom stereocenters. The Morgan fingerprint density at radius 2 is 2.32 bits per heavy atom. The molecule has 3 N–H and O–H groups in total. The summed E-state index contributed by atoms with van der Waals surface area (Å²) in [6.45, 7) is 3.58. The van der Waals surface area contributed by atoms with E-state index < -0.39 is 11.5 Å². The molecule has 1 amide bonds. The Kier molecular flexibility index (Phi) is 3.69. The molecule has 19 heavy (non-hydrogen) atoms. The van der Waals surface area contributed by atoms with E-state index in [0.717, 1.165) is 19.3 Å². The van der Waals surface area contributed by atoms with Crippen LogP contribution in [-0.4, -0.2) is 27.0 Å². The van der Waals surface area contributed by atoms with Gasteiger partial charge in [-0.15, -0.1) is 6.58 Å². The summed E-state index contributed by atoms with van der Waals surface area (Å²) in [6.07, 6.45) is 6.54. The first-order valence-electron chi connectivity index (χ1n) is 6.28. The first-order chi connectivity index (χ1) is 9.07. The number of amides is 1. The van der Waals surface area contributed by atoms with Crippen LogP contribution in [0.1, 0.15) is 48.4 Å². The zero-order valence-electron chi connectivity index (χ0n) is 10.6. The fourth-order valence-electron chi connectivity index (χ4n) is 2.19. The highest BCUT2D eigenvalue weighted by molar-refractivity contribution is 5.85. The summed E-state index contributed by atoms with van der Waals surface area (Å²) < 4.78 is 0. The van der Waals surface area contributed by atoms with Crippen LogP contribution in [0.2, 0.25) is 0 Å². The van der Waals surface area contributed by atoms with E-state index in [9.17, 15) is 9.59 Å². The quantitative estimate of drug-likeness (QED) is 0.679. The SMILES string of the molecule is C=CCCC(=O)NC1(c2ncc(C(=O)O)[nH]2)CCC1. The summed E-state index contributed by atoms with van der Waals surface area (Å²) in [7, 11) is 0. The average Bonchev–Trinajstić information content (AvgIpc) is 2.81. The molecule has 0 atom stereocenters. The molecule has 1 heterocycles. The number of aromatic carboxylic acids is 1. The summed E-state index contributed by atoms with van der Waals surface area (Å²) in [6, 6.07) is 0. The molecule has 1 aromatic rings. The highest BCUT2D eigenvalue weighted by Gasteiger charge is 2.42. The van der Waals surface area contributed by atoms with Crippen molar-refractivity contribution in [2.45, 2.75) is 37.6 Å². The molecule has 0 spiro atoms. The minimum Gasteiger partial charge on any atom is -0.477 e. The lowest BCUT2D eigenvalue weighted by Crippen LogP contribution is -2.51. The number of allylic oxidation sites excluding steroid dienone is 1. The van der Waals surface area contributed by atoms with Crippen molar-refractivity contribution in [1.82, 2.24) is 15.3 Å². The number of carbonyl (C=O) groups excluding carboxylic acids is 1. The lowest BCUT2D eigenvalue weighted by atomic mass is 9.76. The summed E-state index contributed by atoms with van der Waals surface area (Å²) in [5.74, 6) is -0.581. The summed E-state index contributed by atoms with van der Waals surface area (Å²) in [5, 5.41) is 11.8. The Morgan fingerprint density at radius 3 is 2.79 bits per heavy atom. The van der Waals surface area contributed by atoms with Crippen LogP contribution < -0.4 is 5.32 Å². The highest BCUT2D eigenvalue weighted by atomic mass is 16.4. The predicted octanol–water partition coefficient (Wildman–Crippen LogP) is 1.57. The fraction of sp³-hybridized carbons (Fsp3) is 0.462. The minimum atomic E-state index is -1.05. The minimum absolute atomic E-state index is 0.0432. The van der Waals surface area contributed by atoms with Gasteiger partial charge in [-0.25, -0.2) is 9.78 Å². The number of aromatic nitrogens is 2. The van der Waals surface area contributed by atoms with Crippen molar-refractivity contribution in [2.24, 2.45) is 0 Å². The Bertz CT molecular complexity index is 503. The van der Waals surface area contributed by atoms with E-state index in [2.05, 4.69) is 21.9 Å². The second-order valence-electron chi connectivity index (χ2n) is 4.76. The average molecular weight is 263 g/mol. The molecular formula is C13H17N3O3. The van der Waals surface area contributed by atoms with Gasteiger partial charge in [0.25, 0.3) is 0 Å². The molecule has 0 aromatic carbocycles. The van der Waals surface area contributed by atoms with Crippen molar-refractivity contribution in [2.75, 3.05) is 0 Å². The molecule has 1 saturated carbocycles. The van der Waals surface area contributed by atoms with Gasteiger partial charge in [-0.2, -0.15) is 0 Å². The molecule has 6 nitrogen and oxygen atoms in total. The molecule has 1 aliphatic rings. The zero-order valence-corrected chi connectivity index (χ0v) is 10.6. The number of aromatic amines is 1. The zero-order chi connectivity index (χ0) is 13.9. The van der Waals surface area contributed by atoms with Crippen LogP contribution in [-0.2, 0) is 10.3 Å². The maximum Gasteiger partial charge on any atom is 0.353 e. The molecule has 1 aromatic heterocycles. The Labute approximate surface area is 110 Å². The van der Waals surface area contributed by atoms with E-state index in [-0.39, 0.29) is 11.6 Å². The third kappa shape index (κ3) is 2.67. The van der Waals surface area contributed by atoms with Crippen molar-refractivity contribution >= 4 is 11.9 Å². The van der Waals surface area contributed by atoms with Crippen molar-refractivity contribution in [3.63, 3.8) is 0 Å². The number of carbonyl (C=O) groups is 2. The first kappa shape index (κ1) is 13.3. The van der Waals surface area contributed by atoms with Crippen LogP contribution in [0.4, 0.5) is 0 Å². The lowest BCUT2D eigenvalue weighted by molar-refractivity contribution is -0.124. The number of carboxylic acid groups (broad SMARTS) is 1. The van der Waals surface area contributed by atoms with Crippen molar-refractivity contribution in [1.29, 1.82) is 0 Å². The van der Waals surface area contributed by atoms with Crippen molar-refractivity contribution in [3.05, 3.63) is 30.4 Å². The Hall–Kier alpha value is -2.11. The molecule has 0 saturated heterocycles. The van der Waals surface area contributed by atoms with Crippen LogP contribution >= 0.6 is 0 Å². The van der Waals surface area contributed by atoms with Gasteiger partial charge >= 0.3 is 5.97 Å². The van der Waals surface area contributed by atoms with Crippen molar-refractivity contribution in [3.8, 4) is 0 Å². The Balaban J connectivity index is 2.10. The van der Waals surface area contributed by atoms with Gasteiger partial charge in [-0.3, -0.25) is 4.79 Å². The van der Waals surface area contributed by atoms with E-state index in [4.69, 9.17) is 5.11 Å². The summed E-state index contributed by atoms with van der Waals surface area (Å²) in [4.78, 5) is 29.5. The highest BCUT2D eigenvalue weighted by Crippen LogP contribution is 2.39. The summed E-state index contributed by atoms with van der Waals surface area (Å²) >= 11 is 0. The number of rotatable bonds is 6. The standard InChI is InChI=1S/C13H17N3O3/c1-2-3-5-10(17)16-13(6-4-7-13)12-14-8-9(15-12)11(18)19/h2,8H,1,3-7H2,(H,14,15)(H,16,17)(H,18,19). The van der Waals surface area contributed by atoms with E-state index in [0.29, 0.717) is 18.7 Å². The maximum absolute atomic E-state index is 11.8. The monoisotopic (exact) mass is 263 g/mol. The number of nitrogens with zero attached hydrogens (tertiary/aromatic N) is 1. The molecule has 2 rings (SSSR count). The first-order valence-corrected chi connectivity index (χ1v) is 6.28. The van der Waals surface area contributed by atoms with Gasteiger partial charge in [0.05, 0.1) is 11.7 Å². The smallest absolute Gasteiger partial charge is 0.353 e. The van der Waals surface area contributed by atoms with Crippen LogP contribution in [0.15, 0.2) is 18.9 Å². The van der Waals surface area contributed by atoms with Crippen LogP contribution in [0, 0.1) is 0 Å². The van der Waals surface area contributed by atoms with Gasteiger partial charge in [-0.1, -0.05) is 6.08 Å². The van der Waals surface area contributed by atoms with E-state index in [1.165, 1.54) is 6.20 Å². The predicted molar refractivity (Wildman–Crippen MR) is 68.6 cm³/mol. The van der Waals surface area contributed by atoms with Gasteiger partial charge in [0.1, 0.15) is 11.5 Å². The molecule has 6 heteroatoms. The van der Waals surface area contributed by atoms with Crippen LogP contribution in [0.3, 0.4) is 0 Å². The van der Waals surface area contributed by atoms with E-state index in [1.807, 2.05) is 0 Å². The van der Waals surface area contributed by atoms with Crippen LogP contribution in [0.5, 0.6) is 0 Å². The normalized spacial score (nSPS) is 16.4. The van der Waals surface area contributed by atoms with Gasteiger partial charge < -0.3 is 15.4 Å². The van der Waals surface area contributed by atoms with E-state index in [1.54, 1.807) is 6.08 Å². The number of H-pyrrole nitrogens is 1. The second-order valence-corrected chi connectivity index (χ2v) is 4.76. The fourth-order valence-corrected chi connectivity index (χ4v) is 2.19. The third-order valence-electron chi connectivity index (χ3n) is 3.42. The van der Waals surface area contributed by atoms with E-state index >= 15 is 0 Å². The Morgan fingerprint density at radius 1 is 1.58 bits per heavy atom. The molecule has 0 aliphatic heterocycles. The van der Waals surface area contributed by atoms with Gasteiger partial charge in [0.15, 0.2) is 0 Å². The number of hydrogen-bond acceptors (Lipinski definition) is 3. The number of imidazole rings is 1. The number of carboxylic acids is 1. The summed E-state index contributed by atoms with van der Waals surface area (Å²) in [5.41, 5.74) is -0.479.